The highest BCUT2D eigenvalue weighted by Gasteiger charge is 2.17. The van der Waals surface area contributed by atoms with Gasteiger partial charge >= 0.3 is 0 Å². The van der Waals surface area contributed by atoms with Crippen molar-refractivity contribution in [2.75, 3.05) is 10.5 Å². The molecule has 3 N–H and O–H groups in total. The summed E-state index contributed by atoms with van der Waals surface area (Å²) in [6.07, 6.45) is 0. The maximum Gasteiger partial charge on any atom is 0.261 e. The Labute approximate surface area is 127 Å². The van der Waals surface area contributed by atoms with Gasteiger partial charge in [0.1, 0.15) is 0 Å². The molecule has 0 atom stereocenters. The van der Waals surface area contributed by atoms with Crippen LogP contribution >= 0.6 is 15.9 Å². The van der Waals surface area contributed by atoms with Crippen molar-refractivity contribution in [1.29, 1.82) is 0 Å². The summed E-state index contributed by atoms with van der Waals surface area (Å²) in [5.41, 5.74) is 8.47. The van der Waals surface area contributed by atoms with E-state index in [1.807, 2.05) is 32.0 Å². The molecule has 0 saturated heterocycles. The van der Waals surface area contributed by atoms with Gasteiger partial charge in [-0.25, -0.2) is 8.42 Å². The first-order valence-corrected chi connectivity index (χ1v) is 8.23. The Bertz CT molecular complexity index is 738. The summed E-state index contributed by atoms with van der Waals surface area (Å²) in [5, 5.41) is 0. The topological polar surface area (TPSA) is 72.2 Å². The van der Waals surface area contributed by atoms with Gasteiger partial charge in [-0.15, -0.1) is 0 Å². The minimum Gasteiger partial charge on any atom is -0.398 e. The monoisotopic (exact) mass is 354 g/mol. The second kappa shape index (κ2) is 5.46. The molecule has 0 unspecified atom stereocenters. The fourth-order valence-electron chi connectivity index (χ4n) is 1.86. The van der Waals surface area contributed by atoms with Crippen LogP contribution in [-0.2, 0) is 10.0 Å². The predicted molar refractivity (Wildman–Crippen MR) is 85.3 cm³/mol. The molecule has 0 amide bonds. The quantitative estimate of drug-likeness (QED) is 0.829. The fourth-order valence-corrected chi connectivity index (χ4v) is 3.34. The van der Waals surface area contributed by atoms with Crippen molar-refractivity contribution in [3.63, 3.8) is 0 Å². The van der Waals surface area contributed by atoms with Crippen LogP contribution in [-0.4, -0.2) is 8.42 Å². The van der Waals surface area contributed by atoms with Crippen LogP contribution in [0.25, 0.3) is 0 Å². The molecule has 0 saturated carbocycles. The van der Waals surface area contributed by atoms with E-state index in [-0.39, 0.29) is 4.90 Å². The molecule has 2 rings (SSSR count). The number of benzene rings is 2. The smallest absolute Gasteiger partial charge is 0.261 e. The van der Waals surface area contributed by atoms with Crippen LogP contribution in [0.15, 0.2) is 45.8 Å². The van der Waals surface area contributed by atoms with Crippen LogP contribution < -0.4 is 10.5 Å². The van der Waals surface area contributed by atoms with Gasteiger partial charge in [0.2, 0.25) is 0 Å². The molecule has 0 aliphatic heterocycles. The number of anilines is 2. The molecule has 0 aliphatic rings. The molecule has 20 heavy (non-hydrogen) atoms. The van der Waals surface area contributed by atoms with Gasteiger partial charge < -0.3 is 5.73 Å². The lowest BCUT2D eigenvalue weighted by Crippen LogP contribution is -2.15. The van der Waals surface area contributed by atoms with E-state index in [2.05, 4.69) is 20.7 Å². The minimum atomic E-state index is -3.65. The number of hydrogen-bond acceptors (Lipinski definition) is 3. The second-order valence-electron chi connectivity index (χ2n) is 4.56. The van der Waals surface area contributed by atoms with E-state index in [1.54, 1.807) is 6.07 Å². The molecular formula is C14H15BrN2O2S. The summed E-state index contributed by atoms with van der Waals surface area (Å²) < 4.78 is 28.1. The van der Waals surface area contributed by atoms with Crippen molar-refractivity contribution < 1.29 is 8.42 Å². The van der Waals surface area contributed by atoms with Gasteiger partial charge in [0.25, 0.3) is 10.0 Å². The van der Waals surface area contributed by atoms with Gasteiger partial charge in [0, 0.05) is 10.2 Å². The number of halogens is 1. The van der Waals surface area contributed by atoms with Crippen LogP contribution in [0, 0.1) is 13.8 Å². The highest BCUT2D eigenvalue weighted by molar-refractivity contribution is 9.10. The molecular weight excluding hydrogens is 340 g/mol. The number of sulfonamides is 1. The molecule has 0 aliphatic carbocycles. The lowest BCUT2D eigenvalue weighted by atomic mass is 10.1. The Morgan fingerprint density at radius 2 is 1.70 bits per heavy atom. The summed E-state index contributed by atoms with van der Waals surface area (Å²) in [6.45, 7) is 3.72. The van der Waals surface area contributed by atoms with Crippen LogP contribution in [0.3, 0.4) is 0 Å². The van der Waals surface area contributed by atoms with Crippen molar-refractivity contribution in [2.45, 2.75) is 18.7 Å². The fraction of sp³-hybridized carbons (Fsp3) is 0.143. The summed E-state index contributed by atoms with van der Waals surface area (Å²) in [5.74, 6) is 0. The molecule has 0 fully saturated rings. The molecule has 0 spiro atoms. The van der Waals surface area contributed by atoms with E-state index in [0.717, 1.165) is 11.1 Å². The Morgan fingerprint density at radius 1 is 1.10 bits per heavy atom. The molecule has 6 heteroatoms. The average molecular weight is 355 g/mol. The summed E-state index contributed by atoms with van der Waals surface area (Å²) in [7, 11) is -3.65. The van der Waals surface area contributed by atoms with Gasteiger partial charge in [0.05, 0.1) is 10.6 Å². The Kier molecular flexibility index (Phi) is 4.06. The highest BCUT2D eigenvalue weighted by Crippen LogP contribution is 2.26. The molecule has 2 aromatic rings. The normalized spacial score (nSPS) is 11.3. The number of aryl methyl sites for hydroxylation is 2. The maximum absolute atomic E-state index is 12.4. The van der Waals surface area contributed by atoms with Crippen molar-refractivity contribution in [1.82, 2.24) is 0 Å². The van der Waals surface area contributed by atoms with Crippen molar-refractivity contribution in [3.8, 4) is 0 Å². The first-order valence-electron chi connectivity index (χ1n) is 5.95. The zero-order chi connectivity index (χ0) is 14.9. The van der Waals surface area contributed by atoms with Crippen molar-refractivity contribution in [3.05, 3.63) is 52.0 Å². The molecule has 106 valence electrons. The largest absolute Gasteiger partial charge is 0.398 e. The number of hydrogen-bond donors (Lipinski definition) is 2. The third-order valence-electron chi connectivity index (χ3n) is 3.00. The predicted octanol–water partition coefficient (Wildman–Crippen LogP) is 3.45. The van der Waals surface area contributed by atoms with Crippen LogP contribution in [0.4, 0.5) is 11.4 Å². The Morgan fingerprint density at radius 3 is 2.25 bits per heavy atom. The lowest BCUT2D eigenvalue weighted by molar-refractivity contribution is 0.601. The standard InChI is InChI=1S/C14H15BrN2O2S/c1-9-4-3-5-10(2)14(9)17-20(18,19)11-6-7-12(15)13(16)8-11/h3-8,17H,16H2,1-2H3. The Hall–Kier alpha value is -1.53. The van der Waals surface area contributed by atoms with Gasteiger partial charge in [-0.1, -0.05) is 18.2 Å². The average Bonchev–Trinajstić information content (AvgIpc) is 2.37. The van der Waals surface area contributed by atoms with Gasteiger partial charge in [-0.3, -0.25) is 4.72 Å². The Balaban J connectivity index is 2.43. The summed E-state index contributed by atoms with van der Waals surface area (Å²) in [4.78, 5) is 0.140. The lowest BCUT2D eigenvalue weighted by Gasteiger charge is -2.13. The maximum atomic E-state index is 12.4. The van der Waals surface area contributed by atoms with E-state index in [9.17, 15) is 8.42 Å². The van der Waals surface area contributed by atoms with Gasteiger partial charge in [0.15, 0.2) is 0 Å². The summed E-state index contributed by atoms with van der Waals surface area (Å²) >= 11 is 3.25. The van der Waals surface area contributed by atoms with Crippen molar-refractivity contribution in [2.24, 2.45) is 0 Å². The molecule has 0 radical (unpaired) electrons. The number of nitrogens with two attached hydrogens (primary N) is 1. The molecule has 4 nitrogen and oxygen atoms in total. The van der Waals surface area contributed by atoms with Gasteiger partial charge in [-0.05, 0) is 59.1 Å². The van der Waals surface area contributed by atoms with Crippen LogP contribution in [0.5, 0.6) is 0 Å². The van der Waals surface area contributed by atoms with Crippen LogP contribution in [0.1, 0.15) is 11.1 Å². The summed E-state index contributed by atoms with van der Waals surface area (Å²) in [6, 6.07) is 10.2. The molecule has 2 aromatic carbocycles. The SMILES string of the molecule is Cc1cccc(C)c1NS(=O)(=O)c1ccc(Br)c(N)c1. The highest BCUT2D eigenvalue weighted by atomic mass is 79.9. The third-order valence-corrected chi connectivity index (χ3v) is 5.06. The molecule has 0 heterocycles. The van der Waals surface area contributed by atoms with E-state index in [4.69, 9.17) is 5.73 Å². The van der Waals surface area contributed by atoms with Crippen molar-refractivity contribution >= 4 is 37.3 Å². The number of para-hydroxylation sites is 1. The van der Waals surface area contributed by atoms with Gasteiger partial charge in [-0.2, -0.15) is 0 Å². The van der Waals surface area contributed by atoms with E-state index in [1.165, 1.54) is 12.1 Å². The number of nitrogens with one attached hydrogen (secondary N) is 1. The minimum absolute atomic E-state index is 0.140. The zero-order valence-electron chi connectivity index (χ0n) is 11.1. The number of nitrogen functional groups attached to an aromatic ring is 1. The second-order valence-corrected chi connectivity index (χ2v) is 7.09. The molecule has 0 aromatic heterocycles. The first kappa shape index (κ1) is 14.9. The van der Waals surface area contributed by atoms with E-state index in [0.29, 0.717) is 15.8 Å². The number of rotatable bonds is 3. The third kappa shape index (κ3) is 2.96. The van der Waals surface area contributed by atoms with E-state index < -0.39 is 10.0 Å². The van der Waals surface area contributed by atoms with E-state index >= 15 is 0 Å². The first-order chi connectivity index (χ1) is 9.31. The zero-order valence-corrected chi connectivity index (χ0v) is 13.5. The molecule has 0 bridgehead atoms. The van der Waals surface area contributed by atoms with Crippen LogP contribution in [0.2, 0.25) is 0 Å².